The van der Waals surface area contributed by atoms with Gasteiger partial charge in [-0.15, -0.1) is 0 Å². The monoisotopic (exact) mass is 382 g/mol. The number of anilines is 4. The average Bonchev–Trinajstić information content (AvgIpc) is 2.88. The average molecular weight is 382 g/mol. The molecule has 3 amide bonds. The quantitative estimate of drug-likeness (QED) is 0.465. The highest BCUT2D eigenvalue weighted by Gasteiger charge is 2.37. The first-order valence-electron chi connectivity index (χ1n) is 8.56. The summed E-state index contributed by atoms with van der Waals surface area (Å²) in [5, 5.41) is 17.1. The molecule has 2 N–H and O–H groups in total. The van der Waals surface area contributed by atoms with Gasteiger partial charge in [0.2, 0.25) is 17.7 Å². The van der Waals surface area contributed by atoms with E-state index in [-0.39, 0.29) is 41.2 Å². The van der Waals surface area contributed by atoms with Crippen molar-refractivity contribution in [1.29, 1.82) is 0 Å². The number of amides is 3. The van der Waals surface area contributed by atoms with E-state index in [1.54, 1.807) is 31.2 Å². The minimum absolute atomic E-state index is 0.0906. The summed E-state index contributed by atoms with van der Waals surface area (Å²) < 4.78 is 0. The number of hydrogen-bond donors (Lipinski definition) is 2. The summed E-state index contributed by atoms with van der Waals surface area (Å²) in [4.78, 5) is 47.2. The topological polar surface area (TPSA) is 122 Å². The van der Waals surface area contributed by atoms with Crippen molar-refractivity contribution in [2.75, 3.05) is 15.5 Å². The van der Waals surface area contributed by atoms with E-state index in [9.17, 15) is 24.5 Å². The van der Waals surface area contributed by atoms with E-state index in [1.807, 2.05) is 0 Å². The third-order valence-corrected chi connectivity index (χ3v) is 4.29. The summed E-state index contributed by atoms with van der Waals surface area (Å²) in [6.45, 7) is 3.04. The first kappa shape index (κ1) is 19.0. The molecule has 1 aliphatic rings. The molecule has 0 saturated carbocycles. The van der Waals surface area contributed by atoms with E-state index < -0.39 is 10.8 Å². The molecule has 0 aliphatic carbocycles. The third kappa shape index (κ3) is 3.83. The molecule has 28 heavy (non-hydrogen) atoms. The maximum Gasteiger partial charge on any atom is 0.294 e. The Bertz CT molecular complexity index is 971. The molecule has 1 aliphatic heterocycles. The van der Waals surface area contributed by atoms with Crippen LogP contribution in [0, 0.1) is 16.0 Å². The van der Waals surface area contributed by atoms with Gasteiger partial charge in [-0.2, -0.15) is 0 Å². The lowest BCUT2D eigenvalue weighted by molar-refractivity contribution is -0.383. The molecule has 3 rings (SSSR count). The second kappa shape index (κ2) is 7.47. The summed E-state index contributed by atoms with van der Waals surface area (Å²) >= 11 is 0. The van der Waals surface area contributed by atoms with Crippen molar-refractivity contribution in [3.8, 4) is 0 Å². The fourth-order valence-electron chi connectivity index (χ4n) is 2.97. The number of nitrogens with one attached hydrogen (secondary N) is 2. The van der Waals surface area contributed by atoms with Gasteiger partial charge in [-0.3, -0.25) is 29.4 Å². The lowest BCUT2D eigenvalue weighted by Gasteiger charge is -2.15. The van der Waals surface area contributed by atoms with Crippen molar-refractivity contribution in [3.63, 3.8) is 0 Å². The molecule has 1 heterocycles. The molecule has 1 saturated heterocycles. The molecule has 0 radical (unpaired) electrons. The van der Waals surface area contributed by atoms with Crippen LogP contribution in [0.2, 0.25) is 0 Å². The molecule has 0 unspecified atom stereocenters. The first-order chi connectivity index (χ1) is 13.3. The van der Waals surface area contributed by atoms with Crippen LogP contribution >= 0.6 is 0 Å². The molecule has 9 heteroatoms. The second-order valence-corrected chi connectivity index (χ2v) is 6.51. The summed E-state index contributed by atoms with van der Waals surface area (Å²) in [6, 6.07) is 10.8. The summed E-state index contributed by atoms with van der Waals surface area (Å²) in [5.74, 6) is -1.38. The summed E-state index contributed by atoms with van der Waals surface area (Å²) in [7, 11) is 0. The number of nitro benzene ring substituents is 1. The zero-order valence-electron chi connectivity index (χ0n) is 15.3. The zero-order chi connectivity index (χ0) is 20.4. The predicted octanol–water partition coefficient (Wildman–Crippen LogP) is 3.20. The molecule has 0 aromatic heterocycles. The Labute approximate surface area is 160 Å². The van der Waals surface area contributed by atoms with E-state index in [0.29, 0.717) is 11.4 Å². The Morgan fingerprint density at radius 1 is 1.14 bits per heavy atom. The molecule has 144 valence electrons. The van der Waals surface area contributed by atoms with Crippen LogP contribution < -0.4 is 15.5 Å². The van der Waals surface area contributed by atoms with Gasteiger partial charge in [0, 0.05) is 36.7 Å². The normalized spacial score (nSPS) is 16.2. The van der Waals surface area contributed by atoms with Crippen molar-refractivity contribution < 1.29 is 19.3 Å². The maximum atomic E-state index is 12.2. The second-order valence-electron chi connectivity index (χ2n) is 6.51. The van der Waals surface area contributed by atoms with Gasteiger partial charge in [0.15, 0.2) is 0 Å². The maximum absolute atomic E-state index is 12.2. The number of nitro groups is 1. The summed E-state index contributed by atoms with van der Waals surface area (Å²) in [5.41, 5.74) is 1.31. The van der Waals surface area contributed by atoms with Crippen molar-refractivity contribution >= 4 is 46.2 Å². The molecule has 1 atom stereocenters. The van der Waals surface area contributed by atoms with E-state index in [0.717, 1.165) is 4.90 Å². The van der Waals surface area contributed by atoms with Crippen molar-refractivity contribution in [1.82, 2.24) is 0 Å². The molecule has 2 aromatic carbocycles. The highest BCUT2D eigenvalue weighted by molar-refractivity contribution is 6.21. The van der Waals surface area contributed by atoms with Gasteiger partial charge in [-0.25, -0.2) is 0 Å². The fourth-order valence-corrected chi connectivity index (χ4v) is 2.97. The number of nitrogens with zero attached hydrogens (tertiary/aromatic N) is 2. The van der Waals surface area contributed by atoms with Gasteiger partial charge in [0.05, 0.1) is 10.6 Å². The van der Waals surface area contributed by atoms with Crippen LogP contribution in [0.1, 0.15) is 20.3 Å². The van der Waals surface area contributed by atoms with E-state index in [4.69, 9.17) is 0 Å². The van der Waals surface area contributed by atoms with Crippen molar-refractivity contribution in [2.24, 2.45) is 5.92 Å². The van der Waals surface area contributed by atoms with Crippen LogP contribution in [0.25, 0.3) is 0 Å². The number of rotatable bonds is 5. The van der Waals surface area contributed by atoms with E-state index in [1.165, 1.54) is 25.1 Å². The molecular weight excluding hydrogens is 364 g/mol. The van der Waals surface area contributed by atoms with Crippen LogP contribution in [-0.2, 0) is 14.4 Å². The Balaban J connectivity index is 1.88. The van der Waals surface area contributed by atoms with Gasteiger partial charge in [-0.1, -0.05) is 6.92 Å². The van der Waals surface area contributed by atoms with Crippen LogP contribution in [0.15, 0.2) is 42.5 Å². The van der Waals surface area contributed by atoms with E-state index in [2.05, 4.69) is 10.6 Å². The Hall–Kier alpha value is -3.75. The van der Waals surface area contributed by atoms with Gasteiger partial charge < -0.3 is 10.6 Å². The van der Waals surface area contributed by atoms with Crippen LogP contribution in [0.5, 0.6) is 0 Å². The molecular formula is C19H18N4O5. The highest BCUT2D eigenvalue weighted by atomic mass is 16.6. The minimum atomic E-state index is -0.577. The standard InChI is InChI=1S/C19H18N4O5/c1-11-9-18(25)22(19(11)26)15-7-8-16(17(10-15)23(27)28)21-14-5-3-13(4-6-14)20-12(2)24/h3-8,10-11,21H,9H2,1-2H3,(H,20,24)/t11-/m0/s1. The number of benzene rings is 2. The fraction of sp³-hybridized carbons (Fsp3) is 0.211. The zero-order valence-corrected chi connectivity index (χ0v) is 15.3. The smallest absolute Gasteiger partial charge is 0.294 e. The molecule has 9 nitrogen and oxygen atoms in total. The number of imide groups is 1. The summed E-state index contributed by atoms with van der Waals surface area (Å²) in [6.07, 6.45) is 0.0906. The molecule has 1 fully saturated rings. The SMILES string of the molecule is CC(=O)Nc1ccc(Nc2ccc(N3C(=O)C[C@H](C)C3=O)cc2[N+](=O)[O-])cc1. The molecule has 2 aromatic rings. The van der Waals surface area contributed by atoms with Gasteiger partial charge in [0.25, 0.3) is 5.69 Å². The molecule has 0 bridgehead atoms. The van der Waals surface area contributed by atoms with Crippen molar-refractivity contribution in [3.05, 3.63) is 52.6 Å². The third-order valence-electron chi connectivity index (χ3n) is 4.29. The number of carbonyl (C=O) groups excluding carboxylic acids is 3. The lowest BCUT2D eigenvalue weighted by Crippen LogP contribution is -2.30. The van der Waals surface area contributed by atoms with Gasteiger partial charge >= 0.3 is 0 Å². The Morgan fingerprint density at radius 3 is 2.32 bits per heavy atom. The predicted molar refractivity (Wildman–Crippen MR) is 103 cm³/mol. The highest BCUT2D eigenvalue weighted by Crippen LogP contribution is 2.34. The van der Waals surface area contributed by atoms with Crippen LogP contribution in [0.4, 0.5) is 28.4 Å². The van der Waals surface area contributed by atoms with Crippen LogP contribution in [0.3, 0.4) is 0 Å². The minimum Gasteiger partial charge on any atom is -0.350 e. The number of carbonyl (C=O) groups is 3. The lowest BCUT2D eigenvalue weighted by atomic mass is 10.1. The Kier molecular flexibility index (Phi) is 5.08. The van der Waals surface area contributed by atoms with Gasteiger partial charge in [-0.05, 0) is 36.4 Å². The van der Waals surface area contributed by atoms with Gasteiger partial charge in [0.1, 0.15) is 5.69 Å². The van der Waals surface area contributed by atoms with Crippen molar-refractivity contribution in [2.45, 2.75) is 20.3 Å². The van der Waals surface area contributed by atoms with E-state index >= 15 is 0 Å². The Morgan fingerprint density at radius 2 is 1.79 bits per heavy atom. The first-order valence-corrected chi connectivity index (χ1v) is 8.56. The van der Waals surface area contributed by atoms with Crippen LogP contribution in [-0.4, -0.2) is 22.6 Å². The largest absolute Gasteiger partial charge is 0.350 e. The molecule has 0 spiro atoms. The number of hydrogen-bond acceptors (Lipinski definition) is 6.